The van der Waals surface area contributed by atoms with E-state index < -0.39 is 0 Å². The maximum Gasteiger partial charge on any atom is 0.126 e. The molecule has 1 aromatic rings. The molecule has 0 spiro atoms. The first kappa shape index (κ1) is 11.4. The highest BCUT2D eigenvalue weighted by Crippen LogP contribution is 2.11. The Morgan fingerprint density at radius 2 is 2.44 bits per heavy atom. The molecule has 3 heteroatoms. The third-order valence-corrected chi connectivity index (χ3v) is 2.73. The second kappa shape index (κ2) is 6.51. The summed E-state index contributed by atoms with van der Waals surface area (Å²) in [7, 11) is 0. The molecule has 1 unspecified atom stereocenters. The average Bonchev–Trinajstić information content (AvgIpc) is 2.83. The molecule has 0 saturated carbocycles. The van der Waals surface area contributed by atoms with Crippen molar-refractivity contribution in [3.05, 3.63) is 30.2 Å². The molecule has 3 nitrogen and oxygen atoms in total. The van der Waals surface area contributed by atoms with Gasteiger partial charge in [-0.05, 0) is 37.5 Å². The van der Waals surface area contributed by atoms with Crippen molar-refractivity contribution < 1.29 is 9.15 Å². The summed E-state index contributed by atoms with van der Waals surface area (Å²) in [5.41, 5.74) is 0. The van der Waals surface area contributed by atoms with Gasteiger partial charge in [0.2, 0.25) is 0 Å². The molecule has 2 heterocycles. The SMILES string of the molecule is C(=C\c1ccco1)/CNCC1CCCCO1. The number of furan rings is 1. The Bertz CT molecular complexity index is 300. The first-order chi connectivity index (χ1) is 7.95. The second-order valence-corrected chi connectivity index (χ2v) is 4.06. The molecule has 1 aliphatic heterocycles. The minimum atomic E-state index is 0.408. The third-order valence-electron chi connectivity index (χ3n) is 2.73. The predicted octanol–water partition coefficient (Wildman–Crippen LogP) is 2.45. The van der Waals surface area contributed by atoms with Crippen molar-refractivity contribution in [3.63, 3.8) is 0 Å². The highest BCUT2D eigenvalue weighted by molar-refractivity contribution is 5.42. The average molecular weight is 221 g/mol. The number of ether oxygens (including phenoxy) is 1. The van der Waals surface area contributed by atoms with E-state index in [0.717, 1.165) is 25.5 Å². The van der Waals surface area contributed by atoms with Crippen molar-refractivity contribution >= 4 is 6.08 Å². The highest BCUT2D eigenvalue weighted by atomic mass is 16.5. The molecule has 1 aliphatic rings. The lowest BCUT2D eigenvalue weighted by atomic mass is 10.1. The summed E-state index contributed by atoms with van der Waals surface area (Å²) in [6.45, 7) is 2.73. The molecule has 1 saturated heterocycles. The van der Waals surface area contributed by atoms with E-state index in [4.69, 9.17) is 9.15 Å². The summed E-state index contributed by atoms with van der Waals surface area (Å²) < 4.78 is 10.8. The first-order valence-electron chi connectivity index (χ1n) is 5.97. The van der Waals surface area contributed by atoms with Crippen LogP contribution >= 0.6 is 0 Å². The van der Waals surface area contributed by atoms with Gasteiger partial charge in [-0.1, -0.05) is 6.08 Å². The zero-order chi connectivity index (χ0) is 11.1. The number of nitrogens with one attached hydrogen (secondary N) is 1. The Hall–Kier alpha value is -1.06. The Morgan fingerprint density at radius 3 is 3.19 bits per heavy atom. The summed E-state index contributed by atoms with van der Waals surface area (Å²) in [5, 5.41) is 3.36. The van der Waals surface area contributed by atoms with Crippen molar-refractivity contribution in [2.24, 2.45) is 0 Å². The van der Waals surface area contributed by atoms with E-state index in [2.05, 4.69) is 11.4 Å². The molecule has 88 valence electrons. The van der Waals surface area contributed by atoms with E-state index in [1.165, 1.54) is 19.3 Å². The van der Waals surface area contributed by atoms with Crippen LogP contribution in [0.4, 0.5) is 0 Å². The molecule has 0 radical (unpaired) electrons. The molecule has 0 aliphatic carbocycles. The molecule has 0 aromatic carbocycles. The van der Waals surface area contributed by atoms with E-state index in [1.54, 1.807) is 6.26 Å². The van der Waals surface area contributed by atoms with Crippen LogP contribution in [0.3, 0.4) is 0 Å². The van der Waals surface area contributed by atoms with E-state index >= 15 is 0 Å². The quantitative estimate of drug-likeness (QED) is 0.775. The van der Waals surface area contributed by atoms with Gasteiger partial charge in [0.15, 0.2) is 0 Å². The van der Waals surface area contributed by atoms with Crippen LogP contribution in [0.5, 0.6) is 0 Å². The van der Waals surface area contributed by atoms with Gasteiger partial charge in [0.1, 0.15) is 5.76 Å². The summed E-state index contributed by atoms with van der Waals surface area (Å²) in [6, 6.07) is 3.84. The molecular formula is C13H19NO2. The lowest BCUT2D eigenvalue weighted by Gasteiger charge is -2.22. The van der Waals surface area contributed by atoms with Gasteiger partial charge >= 0.3 is 0 Å². The largest absolute Gasteiger partial charge is 0.465 e. The van der Waals surface area contributed by atoms with E-state index in [9.17, 15) is 0 Å². The number of hydrogen-bond donors (Lipinski definition) is 1. The van der Waals surface area contributed by atoms with Gasteiger partial charge in [-0.2, -0.15) is 0 Å². The van der Waals surface area contributed by atoms with E-state index in [1.807, 2.05) is 18.2 Å². The first-order valence-corrected chi connectivity index (χ1v) is 5.97. The van der Waals surface area contributed by atoms with Crippen LogP contribution in [0.1, 0.15) is 25.0 Å². The maximum atomic E-state index is 5.63. The molecule has 1 fully saturated rings. The van der Waals surface area contributed by atoms with Gasteiger partial charge in [0, 0.05) is 19.7 Å². The molecule has 1 N–H and O–H groups in total. The number of hydrogen-bond acceptors (Lipinski definition) is 3. The smallest absolute Gasteiger partial charge is 0.126 e. The second-order valence-electron chi connectivity index (χ2n) is 4.06. The van der Waals surface area contributed by atoms with Gasteiger partial charge in [-0.3, -0.25) is 0 Å². The van der Waals surface area contributed by atoms with Crippen LogP contribution in [0.15, 0.2) is 28.9 Å². The number of rotatable bonds is 5. The third kappa shape index (κ3) is 3.83. The Labute approximate surface area is 96.5 Å². The minimum Gasteiger partial charge on any atom is -0.465 e. The summed E-state index contributed by atoms with van der Waals surface area (Å²) in [4.78, 5) is 0. The van der Waals surface area contributed by atoms with Crippen LogP contribution in [0, 0.1) is 0 Å². The van der Waals surface area contributed by atoms with Crippen LogP contribution < -0.4 is 5.32 Å². The summed E-state index contributed by atoms with van der Waals surface area (Å²) in [5.74, 6) is 0.899. The predicted molar refractivity (Wildman–Crippen MR) is 64.2 cm³/mol. The Balaban J connectivity index is 1.57. The molecule has 16 heavy (non-hydrogen) atoms. The van der Waals surface area contributed by atoms with Crippen molar-refractivity contribution in [2.75, 3.05) is 19.7 Å². The highest BCUT2D eigenvalue weighted by Gasteiger charge is 2.12. The van der Waals surface area contributed by atoms with Gasteiger partial charge < -0.3 is 14.5 Å². The molecule has 0 amide bonds. The fraction of sp³-hybridized carbons (Fsp3) is 0.538. The van der Waals surface area contributed by atoms with Crippen LogP contribution in [0.25, 0.3) is 6.08 Å². The molecular weight excluding hydrogens is 202 g/mol. The topological polar surface area (TPSA) is 34.4 Å². The van der Waals surface area contributed by atoms with E-state index in [-0.39, 0.29) is 0 Å². The standard InChI is InChI=1S/C13H19NO2/c1-2-9-16-13(5-1)11-14-8-3-6-12-7-4-10-15-12/h3-4,6-7,10,13-14H,1-2,5,8-9,11H2/b6-3+. The lowest BCUT2D eigenvalue weighted by molar-refractivity contribution is 0.0175. The fourth-order valence-electron chi connectivity index (χ4n) is 1.86. The van der Waals surface area contributed by atoms with Crippen molar-refractivity contribution in [1.82, 2.24) is 5.32 Å². The Morgan fingerprint density at radius 1 is 1.44 bits per heavy atom. The molecule has 1 aromatic heterocycles. The monoisotopic (exact) mass is 221 g/mol. The van der Waals surface area contributed by atoms with Crippen molar-refractivity contribution in [1.29, 1.82) is 0 Å². The van der Waals surface area contributed by atoms with Gasteiger partial charge in [0.25, 0.3) is 0 Å². The van der Waals surface area contributed by atoms with Crippen LogP contribution in [-0.2, 0) is 4.74 Å². The molecule has 1 atom stereocenters. The Kier molecular flexibility index (Phi) is 4.65. The summed E-state index contributed by atoms with van der Waals surface area (Å²) in [6.07, 6.45) is 9.85. The zero-order valence-corrected chi connectivity index (χ0v) is 9.52. The molecule has 2 rings (SSSR count). The van der Waals surface area contributed by atoms with Gasteiger partial charge in [0.05, 0.1) is 12.4 Å². The lowest BCUT2D eigenvalue weighted by Crippen LogP contribution is -2.31. The van der Waals surface area contributed by atoms with E-state index in [0.29, 0.717) is 6.10 Å². The van der Waals surface area contributed by atoms with Crippen molar-refractivity contribution in [2.45, 2.75) is 25.4 Å². The maximum absolute atomic E-state index is 5.63. The summed E-state index contributed by atoms with van der Waals surface area (Å²) >= 11 is 0. The molecule has 0 bridgehead atoms. The fourth-order valence-corrected chi connectivity index (χ4v) is 1.86. The van der Waals surface area contributed by atoms with Crippen molar-refractivity contribution in [3.8, 4) is 0 Å². The normalized spacial score (nSPS) is 21.6. The zero-order valence-electron chi connectivity index (χ0n) is 9.52. The van der Waals surface area contributed by atoms with Gasteiger partial charge in [-0.25, -0.2) is 0 Å². The van der Waals surface area contributed by atoms with Crippen LogP contribution in [0.2, 0.25) is 0 Å². The van der Waals surface area contributed by atoms with Crippen LogP contribution in [-0.4, -0.2) is 25.8 Å². The minimum absolute atomic E-state index is 0.408. The van der Waals surface area contributed by atoms with Gasteiger partial charge in [-0.15, -0.1) is 0 Å².